The number of halogens is 1. The fourth-order valence-electron chi connectivity index (χ4n) is 1.44. The summed E-state index contributed by atoms with van der Waals surface area (Å²) in [5.41, 5.74) is -0.233. The number of sulfonamides is 1. The van der Waals surface area contributed by atoms with Crippen LogP contribution >= 0.6 is 0 Å². The summed E-state index contributed by atoms with van der Waals surface area (Å²) in [5, 5.41) is 9.29. The van der Waals surface area contributed by atoms with Gasteiger partial charge in [0, 0.05) is 19.3 Å². The number of aryl methyl sites for hydroxylation is 2. The third kappa shape index (κ3) is 2.68. The lowest BCUT2D eigenvalue weighted by molar-refractivity contribution is 0.475. The Kier molecular flexibility index (Phi) is 3.19. The van der Waals surface area contributed by atoms with E-state index in [9.17, 15) is 17.9 Å². The zero-order valence-electron chi connectivity index (χ0n) is 10.3. The molecule has 6 nitrogen and oxygen atoms in total. The molecule has 1 aromatic heterocycles. The van der Waals surface area contributed by atoms with Crippen LogP contribution in [0, 0.1) is 12.7 Å². The molecule has 0 aliphatic rings. The van der Waals surface area contributed by atoms with Gasteiger partial charge in [-0.15, -0.1) is 0 Å². The minimum Gasteiger partial charge on any atom is -0.506 e. The Morgan fingerprint density at radius 3 is 2.68 bits per heavy atom. The standard InChI is InChI=1S/C11H12FN3O3S/c1-7-13-11(6-15(7)2)19(17,18)14-9-5-8(12)3-4-10(9)16/h3-6,14,16H,1-2H3. The molecule has 1 heterocycles. The first kappa shape index (κ1) is 13.3. The third-order valence-corrected chi connectivity index (χ3v) is 3.80. The molecule has 2 rings (SSSR count). The second kappa shape index (κ2) is 4.54. The molecular weight excluding hydrogens is 273 g/mol. The Bertz CT molecular complexity index is 705. The highest BCUT2D eigenvalue weighted by molar-refractivity contribution is 7.92. The molecule has 0 aliphatic heterocycles. The average Bonchev–Trinajstić information content (AvgIpc) is 2.65. The van der Waals surface area contributed by atoms with Crippen LogP contribution in [0.3, 0.4) is 0 Å². The normalized spacial score (nSPS) is 11.5. The number of nitrogens with one attached hydrogen (secondary N) is 1. The molecule has 0 unspecified atom stereocenters. The number of nitrogens with zero attached hydrogens (tertiary/aromatic N) is 2. The molecular formula is C11H12FN3O3S. The molecule has 0 amide bonds. The molecule has 0 aliphatic carbocycles. The molecule has 2 aromatic rings. The SMILES string of the molecule is Cc1nc(S(=O)(=O)Nc2cc(F)ccc2O)cn1C. The minimum absolute atomic E-state index is 0.198. The summed E-state index contributed by atoms with van der Waals surface area (Å²) in [5.74, 6) is -0.505. The van der Waals surface area contributed by atoms with Gasteiger partial charge in [0.1, 0.15) is 17.4 Å². The van der Waals surface area contributed by atoms with E-state index in [0.29, 0.717) is 5.82 Å². The van der Waals surface area contributed by atoms with Gasteiger partial charge in [-0.2, -0.15) is 8.42 Å². The van der Waals surface area contributed by atoms with Gasteiger partial charge in [0.2, 0.25) is 0 Å². The van der Waals surface area contributed by atoms with E-state index in [0.717, 1.165) is 18.2 Å². The van der Waals surface area contributed by atoms with Crippen molar-refractivity contribution in [2.75, 3.05) is 4.72 Å². The van der Waals surface area contributed by atoms with Crippen molar-refractivity contribution in [2.24, 2.45) is 7.05 Å². The predicted molar refractivity (Wildman–Crippen MR) is 66.8 cm³/mol. The number of aromatic nitrogens is 2. The van der Waals surface area contributed by atoms with Crippen molar-refractivity contribution >= 4 is 15.7 Å². The van der Waals surface area contributed by atoms with Crippen molar-refractivity contribution in [1.29, 1.82) is 0 Å². The van der Waals surface area contributed by atoms with Crippen molar-refractivity contribution in [3.05, 3.63) is 36.0 Å². The Morgan fingerprint density at radius 1 is 1.42 bits per heavy atom. The van der Waals surface area contributed by atoms with Gasteiger partial charge in [0.25, 0.3) is 10.0 Å². The van der Waals surface area contributed by atoms with E-state index in [2.05, 4.69) is 9.71 Å². The molecule has 0 atom stereocenters. The second-order valence-corrected chi connectivity index (χ2v) is 5.63. The Hall–Kier alpha value is -2.09. The summed E-state index contributed by atoms with van der Waals surface area (Å²) in [6.45, 7) is 1.65. The highest BCUT2D eigenvalue weighted by Crippen LogP contribution is 2.26. The Labute approximate surface area is 109 Å². The van der Waals surface area contributed by atoms with Gasteiger partial charge >= 0.3 is 0 Å². The van der Waals surface area contributed by atoms with Crippen LogP contribution in [0.15, 0.2) is 29.4 Å². The second-order valence-electron chi connectivity index (χ2n) is 4.00. The maximum atomic E-state index is 13.0. The van der Waals surface area contributed by atoms with E-state index >= 15 is 0 Å². The molecule has 0 saturated carbocycles. The molecule has 0 saturated heterocycles. The van der Waals surface area contributed by atoms with Gasteiger partial charge < -0.3 is 9.67 Å². The Balaban J connectivity index is 2.39. The maximum Gasteiger partial charge on any atom is 0.281 e. The fourth-order valence-corrected chi connectivity index (χ4v) is 2.55. The summed E-state index contributed by atoms with van der Waals surface area (Å²) >= 11 is 0. The molecule has 0 bridgehead atoms. The molecule has 0 radical (unpaired) electrons. The number of hydrogen-bond donors (Lipinski definition) is 2. The zero-order chi connectivity index (χ0) is 14.2. The number of phenolic OH excluding ortho intramolecular Hbond substituents is 1. The number of hydrogen-bond acceptors (Lipinski definition) is 4. The predicted octanol–water partition coefficient (Wildman–Crippen LogP) is 1.37. The molecule has 0 spiro atoms. The average molecular weight is 285 g/mol. The zero-order valence-corrected chi connectivity index (χ0v) is 11.1. The number of rotatable bonds is 3. The lowest BCUT2D eigenvalue weighted by atomic mass is 10.3. The topological polar surface area (TPSA) is 84.2 Å². The summed E-state index contributed by atoms with van der Waals surface area (Å²) in [6.07, 6.45) is 1.33. The minimum atomic E-state index is -3.96. The van der Waals surface area contributed by atoms with Crippen molar-refractivity contribution < 1.29 is 17.9 Å². The molecule has 19 heavy (non-hydrogen) atoms. The summed E-state index contributed by atoms with van der Waals surface area (Å²) < 4.78 is 40.7. The van der Waals surface area contributed by atoms with Gasteiger partial charge in [0.15, 0.2) is 5.03 Å². The third-order valence-electron chi connectivity index (χ3n) is 2.56. The summed E-state index contributed by atoms with van der Waals surface area (Å²) in [7, 11) is -2.31. The molecule has 1 aromatic carbocycles. The van der Waals surface area contributed by atoms with Crippen molar-refractivity contribution in [1.82, 2.24) is 9.55 Å². The van der Waals surface area contributed by atoms with E-state index < -0.39 is 15.8 Å². The number of anilines is 1. The molecule has 8 heteroatoms. The van der Waals surface area contributed by atoms with E-state index in [4.69, 9.17) is 0 Å². The van der Waals surface area contributed by atoms with Gasteiger partial charge in [-0.05, 0) is 19.1 Å². The first-order chi connectivity index (χ1) is 8.79. The number of imidazole rings is 1. The quantitative estimate of drug-likeness (QED) is 0.834. The van der Waals surface area contributed by atoms with E-state index in [1.54, 1.807) is 18.5 Å². The lowest BCUT2D eigenvalue weighted by Crippen LogP contribution is -2.13. The van der Waals surface area contributed by atoms with E-state index in [1.807, 2.05) is 0 Å². The lowest BCUT2D eigenvalue weighted by Gasteiger charge is -2.07. The first-order valence-electron chi connectivity index (χ1n) is 5.31. The summed E-state index contributed by atoms with van der Waals surface area (Å²) in [4.78, 5) is 3.87. The van der Waals surface area contributed by atoms with Crippen LogP contribution in [0.25, 0.3) is 0 Å². The van der Waals surface area contributed by atoms with Crippen molar-refractivity contribution in [3.63, 3.8) is 0 Å². The molecule has 0 fully saturated rings. The van der Waals surface area contributed by atoms with Crippen LogP contribution in [0.4, 0.5) is 10.1 Å². The first-order valence-corrected chi connectivity index (χ1v) is 6.79. The van der Waals surface area contributed by atoms with E-state index in [1.165, 1.54) is 6.20 Å². The van der Waals surface area contributed by atoms with E-state index in [-0.39, 0.29) is 16.5 Å². The fraction of sp³-hybridized carbons (Fsp3) is 0.182. The van der Waals surface area contributed by atoms with Crippen LogP contribution in [0.1, 0.15) is 5.82 Å². The van der Waals surface area contributed by atoms with Crippen molar-refractivity contribution in [2.45, 2.75) is 11.9 Å². The van der Waals surface area contributed by atoms with Crippen LogP contribution < -0.4 is 4.72 Å². The number of phenols is 1. The van der Waals surface area contributed by atoms with Crippen LogP contribution in [0.2, 0.25) is 0 Å². The van der Waals surface area contributed by atoms with Gasteiger partial charge in [-0.1, -0.05) is 0 Å². The largest absolute Gasteiger partial charge is 0.506 e. The van der Waals surface area contributed by atoms with Crippen LogP contribution in [0.5, 0.6) is 5.75 Å². The van der Waals surface area contributed by atoms with Gasteiger partial charge in [-0.25, -0.2) is 9.37 Å². The Morgan fingerprint density at radius 2 is 2.11 bits per heavy atom. The monoisotopic (exact) mass is 285 g/mol. The van der Waals surface area contributed by atoms with Gasteiger partial charge in [-0.3, -0.25) is 4.72 Å². The summed E-state index contributed by atoms with van der Waals surface area (Å²) in [6, 6.07) is 2.98. The molecule has 2 N–H and O–H groups in total. The smallest absolute Gasteiger partial charge is 0.281 e. The highest BCUT2D eigenvalue weighted by Gasteiger charge is 2.20. The molecule has 102 valence electrons. The van der Waals surface area contributed by atoms with Gasteiger partial charge in [0.05, 0.1) is 5.69 Å². The number of aromatic hydroxyl groups is 1. The van der Waals surface area contributed by atoms with Crippen LogP contribution in [-0.2, 0) is 17.1 Å². The maximum absolute atomic E-state index is 13.0. The highest BCUT2D eigenvalue weighted by atomic mass is 32.2. The number of benzene rings is 1. The van der Waals surface area contributed by atoms with Crippen LogP contribution in [-0.4, -0.2) is 23.1 Å². The van der Waals surface area contributed by atoms with Crippen molar-refractivity contribution in [3.8, 4) is 5.75 Å².